The van der Waals surface area contributed by atoms with Crippen molar-refractivity contribution in [3.63, 3.8) is 0 Å². The lowest BCUT2D eigenvalue weighted by Gasteiger charge is -2.05. The lowest BCUT2D eigenvalue weighted by atomic mass is 10.2. The van der Waals surface area contributed by atoms with E-state index in [-0.39, 0.29) is 5.56 Å². The Morgan fingerprint density at radius 1 is 1.50 bits per heavy atom. The molecule has 2 rings (SSSR count). The minimum absolute atomic E-state index is 0.0706. The lowest BCUT2D eigenvalue weighted by Crippen LogP contribution is -2.22. The molecule has 0 fully saturated rings. The summed E-state index contributed by atoms with van der Waals surface area (Å²) in [5.74, 6) is 0. The first-order chi connectivity index (χ1) is 7.72. The Morgan fingerprint density at radius 2 is 2.31 bits per heavy atom. The van der Waals surface area contributed by atoms with Gasteiger partial charge in [-0.25, -0.2) is 4.98 Å². The summed E-state index contributed by atoms with van der Waals surface area (Å²) in [7, 11) is 1.60. The fourth-order valence-electron chi connectivity index (χ4n) is 1.48. The molecule has 0 aliphatic carbocycles. The highest BCUT2D eigenvalue weighted by molar-refractivity contribution is 6.31. The SMILES string of the molecule is COCCn1cnc2cc(Cl)ccc2c1=O. The molecule has 1 aromatic carbocycles. The maximum absolute atomic E-state index is 12.0. The monoisotopic (exact) mass is 238 g/mol. The largest absolute Gasteiger partial charge is 0.383 e. The predicted octanol–water partition coefficient (Wildman–Crippen LogP) is 1.70. The summed E-state index contributed by atoms with van der Waals surface area (Å²) >= 11 is 5.83. The smallest absolute Gasteiger partial charge is 0.261 e. The van der Waals surface area contributed by atoms with Gasteiger partial charge in [0.1, 0.15) is 0 Å². The van der Waals surface area contributed by atoms with Crippen LogP contribution in [0.2, 0.25) is 5.02 Å². The Morgan fingerprint density at radius 3 is 3.06 bits per heavy atom. The third-order valence-electron chi connectivity index (χ3n) is 2.32. The van der Waals surface area contributed by atoms with E-state index in [0.29, 0.717) is 29.1 Å². The van der Waals surface area contributed by atoms with Gasteiger partial charge in [-0.15, -0.1) is 0 Å². The molecule has 0 spiro atoms. The molecule has 0 aliphatic heterocycles. The van der Waals surface area contributed by atoms with Crippen LogP contribution in [-0.4, -0.2) is 23.3 Å². The molecule has 5 heteroatoms. The van der Waals surface area contributed by atoms with Crippen LogP contribution >= 0.6 is 11.6 Å². The first-order valence-corrected chi connectivity index (χ1v) is 5.24. The molecule has 0 saturated heterocycles. The van der Waals surface area contributed by atoms with Crippen LogP contribution < -0.4 is 5.56 Å². The van der Waals surface area contributed by atoms with Gasteiger partial charge in [0.2, 0.25) is 0 Å². The first-order valence-electron chi connectivity index (χ1n) is 4.86. The van der Waals surface area contributed by atoms with Crippen molar-refractivity contribution in [1.82, 2.24) is 9.55 Å². The van der Waals surface area contributed by atoms with Crippen LogP contribution in [0.3, 0.4) is 0 Å². The van der Waals surface area contributed by atoms with Gasteiger partial charge in [-0.05, 0) is 18.2 Å². The normalized spacial score (nSPS) is 10.9. The van der Waals surface area contributed by atoms with Crippen molar-refractivity contribution in [3.05, 3.63) is 39.9 Å². The second-order valence-electron chi connectivity index (χ2n) is 3.40. The van der Waals surface area contributed by atoms with Crippen molar-refractivity contribution in [3.8, 4) is 0 Å². The zero-order valence-corrected chi connectivity index (χ0v) is 9.57. The number of methoxy groups -OCH3 is 1. The number of fused-ring (bicyclic) bond motifs is 1. The molecule has 0 unspecified atom stereocenters. The van der Waals surface area contributed by atoms with E-state index in [0.717, 1.165) is 0 Å². The third-order valence-corrected chi connectivity index (χ3v) is 2.56. The molecule has 1 heterocycles. The second kappa shape index (κ2) is 4.63. The van der Waals surface area contributed by atoms with Gasteiger partial charge in [0.05, 0.1) is 30.4 Å². The highest BCUT2D eigenvalue weighted by Gasteiger charge is 2.03. The minimum atomic E-state index is -0.0706. The number of aromatic nitrogens is 2. The first kappa shape index (κ1) is 11.1. The molecule has 84 valence electrons. The third kappa shape index (κ3) is 2.08. The molecule has 1 aromatic heterocycles. The van der Waals surface area contributed by atoms with E-state index >= 15 is 0 Å². The zero-order chi connectivity index (χ0) is 11.5. The highest BCUT2D eigenvalue weighted by Crippen LogP contribution is 2.13. The molecule has 0 amide bonds. The van der Waals surface area contributed by atoms with Gasteiger partial charge in [-0.2, -0.15) is 0 Å². The average molecular weight is 239 g/mol. The van der Waals surface area contributed by atoms with Crippen LogP contribution in [0.5, 0.6) is 0 Å². The molecule has 0 N–H and O–H groups in total. The van der Waals surface area contributed by atoms with Crippen LogP contribution in [-0.2, 0) is 11.3 Å². The molecular weight excluding hydrogens is 228 g/mol. The van der Waals surface area contributed by atoms with Gasteiger partial charge in [0.25, 0.3) is 5.56 Å². The number of rotatable bonds is 3. The summed E-state index contributed by atoms with van der Waals surface area (Å²) in [5, 5.41) is 1.15. The van der Waals surface area contributed by atoms with E-state index in [9.17, 15) is 4.79 Å². The Bertz CT molecular complexity index is 565. The maximum Gasteiger partial charge on any atom is 0.261 e. The van der Waals surface area contributed by atoms with Crippen molar-refractivity contribution in [1.29, 1.82) is 0 Å². The summed E-state index contributed by atoms with van der Waals surface area (Å²) < 4.78 is 6.45. The molecule has 2 aromatic rings. The Kier molecular flexibility index (Phi) is 3.22. The molecule has 0 bridgehead atoms. The fourth-order valence-corrected chi connectivity index (χ4v) is 1.65. The van der Waals surface area contributed by atoms with Gasteiger partial charge >= 0.3 is 0 Å². The highest BCUT2D eigenvalue weighted by atomic mass is 35.5. The van der Waals surface area contributed by atoms with E-state index in [1.807, 2.05) is 0 Å². The molecule has 4 nitrogen and oxygen atoms in total. The van der Waals surface area contributed by atoms with Crippen molar-refractivity contribution in [2.24, 2.45) is 0 Å². The van der Waals surface area contributed by atoms with Crippen LogP contribution in [0, 0.1) is 0 Å². The quantitative estimate of drug-likeness (QED) is 0.818. The Labute approximate surface area is 97.4 Å². The Balaban J connectivity index is 2.53. The van der Waals surface area contributed by atoms with Crippen molar-refractivity contribution in [2.75, 3.05) is 13.7 Å². The minimum Gasteiger partial charge on any atom is -0.383 e. The van der Waals surface area contributed by atoms with E-state index in [1.54, 1.807) is 25.3 Å². The molecule has 0 aliphatic rings. The number of hydrogen-bond acceptors (Lipinski definition) is 3. The van der Waals surface area contributed by atoms with Gasteiger partial charge in [-0.1, -0.05) is 11.6 Å². The maximum atomic E-state index is 12.0. The summed E-state index contributed by atoms with van der Waals surface area (Å²) in [6.45, 7) is 0.988. The Hall–Kier alpha value is -1.39. The van der Waals surface area contributed by atoms with Gasteiger partial charge < -0.3 is 4.74 Å². The number of ether oxygens (including phenoxy) is 1. The van der Waals surface area contributed by atoms with E-state index in [4.69, 9.17) is 16.3 Å². The molecule has 0 saturated carbocycles. The summed E-state index contributed by atoms with van der Waals surface area (Å²) in [5.41, 5.74) is 0.546. The molecular formula is C11H11ClN2O2. The predicted molar refractivity (Wildman–Crippen MR) is 62.9 cm³/mol. The van der Waals surface area contributed by atoms with Crippen LogP contribution in [0.15, 0.2) is 29.3 Å². The lowest BCUT2D eigenvalue weighted by molar-refractivity contribution is 0.186. The number of benzene rings is 1. The van der Waals surface area contributed by atoms with Crippen molar-refractivity contribution in [2.45, 2.75) is 6.54 Å². The van der Waals surface area contributed by atoms with E-state index < -0.39 is 0 Å². The summed E-state index contributed by atoms with van der Waals surface area (Å²) in [4.78, 5) is 16.1. The van der Waals surface area contributed by atoms with Gasteiger partial charge in [0.15, 0.2) is 0 Å². The summed E-state index contributed by atoms with van der Waals surface area (Å²) in [6.07, 6.45) is 1.51. The van der Waals surface area contributed by atoms with Crippen LogP contribution in [0.25, 0.3) is 10.9 Å². The van der Waals surface area contributed by atoms with E-state index in [2.05, 4.69) is 4.98 Å². The zero-order valence-electron chi connectivity index (χ0n) is 8.81. The molecule has 16 heavy (non-hydrogen) atoms. The summed E-state index contributed by atoms with van der Waals surface area (Å²) in [6, 6.07) is 5.06. The van der Waals surface area contributed by atoms with E-state index in [1.165, 1.54) is 10.9 Å². The van der Waals surface area contributed by atoms with Crippen molar-refractivity contribution < 1.29 is 4.74 Å². The molecule has 0 atom stereocenters. The van der Waals surface area contributed by atoms with Gasteiger partial charge in [-0.3, -0.25) is 9.36 Å². The fraction of sp³-hybridized carbons (Fsp3) is 0.273. The number of halogens is 1. The second-order valence-corrected chi connectivity index (χ2v) is 3.83. The van der Waals surface area contributed by atoms with Crippen LogP contribution in [0.4, 0.5) is 0 Å². The number of hydrogen-bond donors (Lipinski definition) is 0. The van der Waals surface area contributed by atoms with Crippen LogP contribution in [0.1, 0.15) is 0 Å². The topological polar surface area (TPSA) is 44.1 Å². The van der Waals surface area contributed by atoms with Gasteiger partial charge in [0, 0.05) is 12.1 Å². The standard InChI is InChI=1S/C11H11ClN2O2/c1-16-5-4-14-7-13-10-6-8(12)2-3-9(10)11(14)15/h2-3,6-7H,4-5H2,1H3. The van der Waals surface area contributed by atoms with Crippen molar-refractivity contribution >= 4 is 22.5 Å². The molecule has 0 radical (unpaired) electrons. The average Bonchev–Trinajstić information content (AvgIpc) is 2.28. The number of nitrogens with zero attached hydrogens (tertiary/aromatic N) is 2.